The quantitative estimate of drug-likeness (QED) is 0.199. The fourth-order valence-corrected chi connectivity index (χ4v) is 6.10. The predicted octanol–water partition coefficient (Wildman–Crippen LogP) is 8.52. The van der Waals surface area contributed by atoms with Crippen molar-refractivity contribution in [3.05, 3.63) is 93.9 Å². The van der Waals surface area contributed by atoms with E-state index in [2.05, 4.69) is 141 Å². The number of aromatic nitrogens is 1. The Hall–Kier alpha value is -2.14. The molecule has 5 aromatic rings. The Morgan fingerprint density at radius 3 is 1.48 bits per heavy atom. The van der Waals surface area contributed by atoms with E-state index in [9.17, 15) is 0 Å². The number of rotatable bonds is 3. The van der Waals surface area contributed by atoms with Gasteiger partial charge in [0.05, 0.1) is 19.1 Å². The van der Waals surface area contributed by atoms with E-state index in [1.54, 1.807) is 0 Å². The van der Waals surface area contributed by atoms with Gasteiger partial charge in [-0.15, -0.1) is 0 Å². The Kier molecular flexibility index (Phi) is 5.20. The van der Waals surface area contributed by atoms with E-state index in [4.69, 9.17) is 0 Å². The van der Waals surface area contributed by atoms with E-state index in [0.29, 0.717) is 0 Å². The predicted molar refractivity (Wildman–Crippen MR) is 145 cm³/mol. The van der Waals surface area contributed by atoms with Crippen LogP contribution in [-0.4, -0.2) is 12.6 Å². The summed E-state index contributed by atoms with van der Waals surface area (Å²) in [7, 11) is -1.27. The van der Waals surface area contributed by atoms with Crippen molar-refractivity contribution in [2.75, 3.05) is 0 Å². The summed E-state index contributed by atoms with van der Waals surface area (Å²) in [6, 6.07) is 31.1. The van der Waals surface area contributed by atoms with Crippen molar-refractivity contribution in [2.24, 2.45) is 0 Å². The minimum absolute atomic E-state index is 1.09. The molecule has 0 saturated carbocycles. The van der Waals surface area contributed by atoms with Gasteiger partial charge < -0.3 is 4.57 Å². The second-order valence-corrected chi connectivity index (χ2v) is 15.9. The van der Waals surface area contributed by atoms with Gasteiger partial charge in [0, 0.05) is 25.4 Å². The van der Waals surface area contributed by atoms with Gasteiger partial charge in [-0.2, -0.15) is 0 Å². The lowest BCUT2D eigenvalue weighted by Crippen LogP contribution is -2.37. The number of fused-ring (bicyclic) bond motifs is 3. The zero-order valence-corrected chi connectivity index (χ0v) is 22.0. The highest BCUT2D eigenvalue weighted by atomic mass is 79.9. The molecule has 1 nitrogen and oxygen atoms in total. The van der Waals surface area contributed by atoms with E-state index >= 15 is 0 Å². The van der Waals surface area contributed by atoms with Crippen LogP contribution in [0.5, 0.6) is 0 Å². The molecule has 0 aliphatic rings. The van der Waals surface area contributed by atoms with Crippen molar-refractivity contribution in [3.63, 3.8) is 0 Å². The Bertz CT molecular complexity index is 1350. The van der Waals surface area contributed by atoms with Gasteiger partial charge in [-0.3, -0.25) is 0 Å². The highest BCUT2D eigenvalue weighted by molar-refractivity contribution is 9.10. The molecule has 4 heteroatoms. The van der Waals surface area contributed by atoms with Gasteiger partial charge >= 0.3 is 0 Å². The van der Waals surface area contributed by atoms with Crippen LogP contribution in [-0.2, 0) is 0 Å². The topological polar surface area (TPSA) is 4.93 Å². The minimum Gasteiger partial charge on any atom is -0.309 e. The van der Waals surface area contributed by atoms with Crippen LogP contribution < -0.4 is 5.19 Å². The van der Waals surface area contributed by atoms with Crippen LogP contribution in [0, 0.1) is 0 Å². The number of hydrogen-bond donors (Lipinski definition) is 0. The molecule has 5 rings (SSSR count). The zero-order valence-electron chi connectivity index (χ0n) is 17.8. The van der Waals surface area contributed by atoms with Crippen LogP contribution in [0.15, 0.2) is 93.9 Å². The normalized spacial score (nSPS) is 12.0. The molecule has 1 aromatic heterocycles. The molecule has 31 heavy (non-hydrogen) atoms. The average Bonchev–Trinajstić information content (AvgIpc) is 3.06. The van der Waals surface area contributed by atoms with Crippen LogP contribution >= 0.6 is 31.9 Å². The molecule has 0 aliphatic carbocycles. The molecule has 0 N–H and O–H groups in total. The largest absolute Gasteiger partial charge is 0.309 e. The maximum Gasteiger partial charge on any atom is 0.0775 e. The summed E-state index contributed by atoms with van der Waals surface area (Å²) in [4.78, 5) is 0. The molecular formula is C27H23Br2NSi. The maximum absolute atomic E-state index is 3.64. The summed E-state index contributed by atoms with van der Waals surface area (Å²) in [5, 5.41) is 3.99. The van der Waals surface area contributed by atoms with Gasteiger partial charge in [-0.25, -0.2) is 0 Å². The second-order valence-electron chi connectivity index (χ2n) is 9.03. The van der Waals surface area contributed by atoms with Crippen LogP contribution in [0.4, 0.5) is 0 Å². The van der Waals surface area contributed by atoms with Crippen LogP contribution in [0.25, 0.3) is 38.6 Å². The molecule has 0 radical (unpaired) electrons. The van der Waals surface area contributed by atoms with E-state index in [0.717, 1.165) is 8.95 Å². The van der Waals surface area contributed by atoms with Crippen LogP contribution in [0.3, 0.4) is 0 Å². The minimum atomic E-state index is -1.27. The first-order valence-corrected chi connectivity index (χ1v) is 15.5. The average molecular weight is 549 g/mol. The number of benzene rings is 4. The molecule has 0 fully saturated rings. The molecular weight excluding hydrogens is 526 g/mol. The monoisotopic (exact) mass is 547 g/mol. The van der Waals surface area contributed by atoms with Crippen LogP contribution in [0.2, 0.25) is 19.6 Å². The van der Waals surface area contributed by atoms with Gasteiger partial charge in [0.25, 0.3) is 0 Å². The summed E-state index contributed by atoms with van der Waals surface area (Å²) in [6.07, 6.45) is 0. The molecule has 0 aliphatic heterocycles. The van der Waals surface area contributed by atoms with E-state index in [1.807, 2.05) is 0 Å². The zero-order chi connectivity index (χ0) is 21.8. The first-order chi connectivity index (χ1) is 14.8. The van der Waals surface area contributed by atoms with Crippen molar-refractivity contribution in [2.45, 2.75) is 19.6 Å². The molecule has 1 heterocycles. The van der Waals surface area contributed by atoms with E-state index in [1.165, 1.54) is 43.8 Å². The van der Waals surface area contributed by atoms with Crippen molar-refractivity contribution in [1.82, 2.24) is 4.57 Å². The standard InChI is InChI=1S/C27H23Br2NSi/c1-31(2,3)23-12-6-19(7-13-23)18-4-10-22(11-5-18)30-26-14-8-20(28)16-24(26)25-17-21(29)9-15-27(25)30/h4-17H,1-3H3. The molecule has 0 saturated heterocycles. The molecule has 0 spiro atoms. The van der Waals surface area contributed by atoms with Gasteiger partial charge in [0.2, 0.25) is 0 Å². The van der Waals surface area contributed by atoms with E-state index < -0.39 is 8.07 Å². The van der Waals surface area contributed by atoms with Crippen molar-refractivity contribution in [3.8, 4) is 16.8 Å². The van der Waals surface area contributed by atoms with Crippen molar-refractivity contribution in [1.29, 1.82) is 0 Å². The van der Waals surface area contributed by atoms with Gasteiger partial charge in [0.15, 0.2) is 0 Å². The summed E-state index contributed by atoms with van der Waals surface area (Å²) < 4.78 is 4.54. The van der Waals surface area contributed by atoms with Gasteiger partial charge in [-0.05, 0) is 59.7 Å². The summed E-state index contributed by atoms with van der Waals surface area (Å²) in [5.41, 5.74) is 6.11. The Balaban J connectivity index is 1.61. The molecule has 0 bridgehead atoms. The number of nitrogens with zero attached hydrogens (tertiary/aromatic N) is 1. The second kappa shape index (κ2) is 7.77. The maximum atomic E-state index is 3.64. The first-order valence-electron chi connectivity index (χ1n) is 10.4. The Morgan fingerprint density at radius 2 is 1.03 bits per heavy atom. The van der Waals surface area contributed by atoms with Crippen molar-refractivity contribution < 1.29 is 0 Å². The Morgan fingerprint density at radius 1 is 0.581 bits per heavy atom. The summed E-state index contributed by atoms with van der Waals surface area (Å²) in [6.45, 7) is 7.17. The highest BCUT2D eigenvalue weighted by Crippen LogP contribution is 2.35. The summed E-state index contributed by atoms with van der Waals surface area (Å²) in [5.74, 6) is 0. The van der Waals surface area contributed by atoms with Gasteiger partial charge in [0.1, 0.15) is 0 Å². The highest BCUT2D eigenvalue weighted by Gasteiger charge is 2.16. The number of halogens is 2. The molecule has 4 aromatic carbocycles. The van der Waals surface area contributed by atoms with E-state index in [-0.39, 0.29) is 0 Å². The van der Waals surface area contributed by atoms with Crippen molar-refractivity contribution >= 4 is 66.9 Å². The van der Waals surface area contributed by atoms with Gasteiger partial charge in [-0.1, -0.05) is 93.1 Å². The Labute approximate surface area is 201 Å². The third kappa shape index (κ3) is 3.82. The first kappa shape index (κ1) is 20.7. The molecule has 154 valence electrons. The lowest BCUT2D eigenvalue weighted by atomic mass is 10.1. The molecule has 0 unspecified atom stereocenters. The molecule has 0 amide bonds. The number of hydrogen-bond acceptors (Lipinski definition) is 0. The smallest absolute Gasteiger partial charge is 0.0775 e. The fraction of sp³-hybridized carbons (Fsp3) is 0.111. The molecule has 0 atom stereocenters. The fourth-order valence-electron chi connectivity index (χ4n) is 4.21. The SMILES string of the molecule is C[Si](C)(C)c1ccc(-c2ccc(-n3c4ccc(Br)cc4c4cc(Br)ccc43)cc2)cc1. The lowest BCUT2D eigenvalue weighted by Gasteiger charge is -2.17. The van der Waals surface area contributed by atoms with Crippen LogP contribution in [0.1, 0.15) is 0 Å². The lowest BCUT2D eigenvalue weighted by molar-refractivity contribution is 1.18. The third-order valence-corrected chi connectivity index (χ3v) is 8.95. The summed E-state index contributed by atoms with van der Waals surface area (Å²) >= 11 is 7.27. The third-order valence-electron chi connectivity index (χ3n) is 5.90.